The van der Waals surface area contributed by atoms with E-state index in [0.29, 0.717) is 19.8 Å². The number of ether oxygens (including phenoxy) is 1. The molecule has 0 bridgehead atoms. The second-order valence-electron chi connectivity index (χ2n) is 5.27. The van der Waals surface area contributed by atoms with Crippen molar-refractivity contribution >= 4 is 5.91 Å². The molecule has 0 aliphatic carbocycles. The van der Waals surface area contributed by atoms with Gasteiger partial charge in [-0.2, -0.15) is 0 Å². The molecule has 0 aromatic rings. The highest BCUT2D eigenvalue weighted by atomic mass is 16.5. The van der Waals surface area contributed by atoms with Crippen LogP contribution < -0.4 is 5.73 Å². The first-order valence-corrected chi connectivity index (χ1v) is 6.05. The van der Waals surface area contributed by atoms with Gasteiger partial charge in [-0.15, -0.1) is 0 Å². The highest BCUT2D eigenvalue weighted by Gasteiger charge is 2.37. The van der Waals surface area contributed by atoms with E-state index in [-0.39, 0.29) is 23.4 Å². The summed E-state index contributed by atoms with van der Waals surface area (Å²) >= 11 is 0. The Morgan fingerprint density at radius 3 is 2.69 bits per heavy atom. The molecule has 1 fully saturated rings. The van der Waals surface area contributed by atoms with Crippen molar-refractivity contribution in [2.45, 2.75) is 45.7 Å². The summed E-state index contributed by atoms with van der Waals surface area (Å²) in [4.78, 5) is 14.1. The molecule has 4 heteroatoms. The van der Waals surface area contributed by atoms with Crippen LogP contribution in [0.25, 0.3) is 0 Å². The van der Waals surface area contributed by atoms with Crippen LogP contribution in [-0.4, -0.2) is 42.1 Å². The van der Waals surface area contributed by atoms with Gasteiger partial charge in [-0.1, -0.05) is 20.3 Å². The lowest BCUT2D eigenvalue weighted by atomic mass is 9.95. The summed E-state index contributed by atoms with van der Waals surface area (Å²) in [6, 6.07) is -0.387. The molecule has 1 aliphatic heterocycles. The molecular weight excluding hydrogens is 204 g/mol. The number of carbonyl (C=O) groups is 1. The molecule has 2 N–H and O–H groups in total. The van der Waals surface area contributed by atoms with E-state index >= 15 is 0 Å². The molecule has 1 rings (SSSR count). The first kappa shape index (κ1) is 13.5. The summed E-state index contributed by atoms with van der Waals surface area (Å²) in [5.41, 5.74) is 5.76. The Bertz CT molecular complexity index is 253. The smallest absolute Gasteiger partial charge is 0.240 e. The molecule has 1 amide bonds. The molecule has 4 nitrogen and oxygen atoms in total. The molecule has 1 heterocycles. The van der Waals surface area contributed by atoms with Crippen LogP contribution in [-0.2, 0) is 9.53 Å². The van der Waals surface area contributed by atoms with Gasteiger partial charge in [-0.05, 0) is 19.8 Å². The summed E-state index contributed by atoms with van der Waals surface area (Å²) in [7, 11) is 0. The maximum atomic E-state index is 12.3. The van der Waals surface area contributed by atoms with Crippen LogP contribution in [0.5, 0.6) is 0 Å². The van der Waals surface area contributed by atoms with Crippen molar-refractivity contribution in [3.05, 3.63) is 0 Å². The van der Waals surface area contributed by atoms with Gasteiger partial charge >= 0.3 is 0 Å². The topological polar surface area (TPSA) is 55.6 Å². The van der Waals surface area contributed by atoms with Crippen LogP contribution in [0.2, 0.25) is 0 Å². The van der Waals surface area contributed by atoms with E-state index in [4.69, 9.17) is 10.5 Å². The Morgan fingerprint density at radius 2 is 2.19 bits per heavy atom. The molecule has 16 heavy (non-hydrogen) atoms. The Labute approximate surface area is 98.1 Å². The first-order chi connectivity index (χ1) is 7.40. The van der Waals surface area contributed by atoms with Gasteiger partial charge in [-0.3, -0.25) is 4.79 Å². The zero-order chi connectivity index (χ0) is 12.3. The zero-order valence-corrected chi connectivity index (χ0v) is 10.8. The quantitative estimate of drug-likeness (QED) is 0.784. The number of nitrogens with two attached hydrogens (primary N) is 1. The number of rotatable bonds is 3. The monoisotopic (exact) mass is 228 g/mol. The molecule has 1 saturated heterocycles. The number of hydrogen-bond acceptors (Lipinski definition) is 3. The van der Waals surface area contributed by atoms with Crippen molar-refractivity contribution in [3.63, 3.8) is 0 Å². The van der Waals surface area contributed by atoms with Gasteiger partial charge in [-0.25, -0.2) is 0 Å². The van der Waals surface area contributed by atoms with Gasteiger partial charge in [0, 0.05) is 6.54 Å². The van der Waals surface area contributed by atoms with Crippen molar-refractivity contribution in [2.24, 2.45) is 11.7 Å². The van der Waals surface area contributed by atoms with Gasteiger partial charge in [0.2, 0.25) is 5.91 Å². The van der Waals surface area contributed by atoms with Gasteiger partial charge in [0.1, 0.15) is 0 Å². The molecule has 1 aliphatic rings. The molecule has 2 atom stereocenters. The van der Waals surface area contributed by atoms with E-state index in [2.05, 4.69) is 6.92 Å². The fourth-order valence-electron chi connectivity index (χ4n) is 1.94. The van der Waals surface area contributed by atoms with Crippen LogP contribution in [0.15, 0.2) is 0 Å². The Morgan fingerprint density at radius 1 is 1.56 bits per heavy atom. The molecule has 94 valence electrons. The van der Waals surface area contributed by atoms with Crippen LogP contribution >= 0.6 is 0 Å². The lowest BCUT2D eigenvalue weighted by molar-refractivity contribution is -0.148. The van der Waals surface area contributed by atoms with E-state index in [1.807, 2.05) is 25.7 Å². The third-order valence-corrected chi connectivity index (χ3v) is 3.45. The predicted molar refractivity (Wildman–Crippen MR) is 64.0 cm³/mol. The van der Waals surface area contributed by atoms with Crippen LogP contribution in [0.4, 0.5) is 0 Å². The predicted octanol–water partition coefficient (Wildman–Crippen LogP) is 0.997. The van der Waals surface area contributed by atoms with Crippen LogP contribution in [0.1, 0.15) is 34.1 Å². The Balaban J connectivity index is 2.71. The lowest BCUT2D eigenvalue weighted by Crippen LogP contribution is -2.60. The van der Waals surface area contributed by atoms with Crippen molar-refractivity contribution in [1.29, 1.82) is 0 Å². The third kappa shape index (κ3) is 2.74. The largest absolute Gasteiger partial charge is 0.377 e. The fraction of sp³-hybridized carbons (Fsp3) is 0.917. The minimum absolute atomic E-state index is 0.0580. The van der Waals surface area contributed by atoms with E-state index < -0.39 is 0 Å². The lowest BCUT2D eigenvalue weighted by Gasteiger charge is -2.43. The first-order valence-electron chi connectivity index (χ1n) is 6.05. The zero-order valence-electron chi connectivity index (χ0n) is 10.8. The fourth-order valence-corrected chi connectivity index (χ4v) is 1.94. The van der Waals surface area contributed by atoms with Gasteiger partial charge in [0.05, 0.1) is 24.8 Å². The summed E-state index contributed by atoms with van der Waals surface area (Å²) < 4.78 is 5.40. The number of hydrogen-bond donors (Lipinski definition) is 1. The van der Waals surface area contributed by atoms with E-state index in [9.17, 15) is 4.79 Å². The normalized spacial score (nSPS) is 23.9. The average Bonchev–Trinajstić information content (AvgIpc) is 2.25. The van der Waals surface area contributed by atoms with Crippen molar-refractivity contribution in [1.82, 2.24) is 4.90 Å². The second-order valence-corrected chi connectivity index (χ2v) is 5.27. The van der Waals surface area contributed by atoms with Crippen molar-refractivity contribution in [2.75, 3.05) is 19.8 Å². The molecule has 0 unspecified atom stereocenters. The van der Waals surface area contributed by atoms with E-state index in [1.54, 1.807) is 0 Å². The SMILES string of the molecule is CC[C@H](C)[C@H](N)C(=O)N1CCOCC1(C)C. The summed E-state index contributed by atoms with van der Waals surface area (Å²) in [5, 5.41) is 0. The molecular formula is C12H24N2O2. The van der Waals surface area contributed by atoms with E-state index in [0.717, 1.165) is 6.42 Å². The van der Waals surface area contributed by atoms with Gasteiger partial charge in [0.25, 0.3) is 0 Å². The number of morpholine rings is 1. The van der Waals surface area contributed by atoms with Gasteiger partial charge in [0.15, 0.2) is 0 Å². The van der Waals surface area contributed by atoms with Gasteiger partial charge < -0.3 is 15.4 Å². The maximum Gasteiger partial charge on any atom is 0.240 e. The number of nitrogens with zero attached hydrogens (tertiary/aromatic N) is 1. The van der Waals surface area contributed by atoms with Crippen molar-refractivity contribution in [3.8, 4) is 0 Å². The Hall–Kier alpha value is -0.610. The van der Waals surface area contributed by atoms with Crippen molar-refractivity contribution < 1.29 is 9.53 Å². The Kier molecular flexibility index (Phi) is 4.33. The summed E-state index contributed by atoms with van der Waals surface area (Å²) in [6.07, 6.45) is 0.928. The second kappa shape index (κ2) is 5.15. The minimum Gasteiger partial charge on any atom is -0.377 e. The van der Waals surface area contributed by atoms with Crippen LogP contribution in [0.3, 0.4) is 0 Å². The number of carbonyl (C=O) groups excluding carboxylic acids is 1. The number of amides is 1. The molecule has 0 spiro atoms. The highest BCUT2D eigenvalue weighted by molar-refractivity contribution is 5.82. The summed E-state index contributed by atoms with van der Waals surface area (Å²) in [5.74, 6) is 0.286. The minimum atomic E-state index is -0.387. The molecule has 0 saturated carbocycles. The van der Waals surface area contributed by atoms with E-state index in [1.165, 1.54) is 0 Å². The molecule has 0 aromatic carbocycles. The summed E-state index contributed by atoms with van der Waals surface area (Å²) in [6.45, 7) is 9.98. The standard InChI is InChI=1S/C12H24N2O2/c1-5-9(2)10(13)11(15)14-6-7-16-8-12(14,3)4/h9-10H,5-8,13H2,1-4H3/t9-,10-/m0/s1. The molecule has 0 aromatic heterocycles. The average molecular weight is 228 g/mol. The third-order valence-electron chi connectivity index (χ3n) is 3.45. The van der Waals surface area contributed by atoms with Crippen LogP contribution in [0, 0.1) is 5.92 Å². The maximum absolute atomic E-state index is 12.3. The molecule has 0 radical (unpaired) electrons. The highest BCUT2D eigenvalue weighted by Crippen LogP contribution is 2.21.